The predicted octanol–water partition coefficient (Wildman–Crippen LogP) is 2.16. The molecule has 1 amide bonds. The number of rotatable bonds is 4. The Morgan fingerprint density at radius 1 is 1.30 bits per heavy atom. The third kappa shape index (κ3) is 3.19. The van der Waals surface area contributed by atoms with Gasteiger partial charge in [0.05, 0.1) is 5.25 Å². The third-order valence-electron chi connectivity index (χ3n) is 3.19. The number of hydrogen-bond donors (Lipinski definition) is 1. The molecule has 1 unspecified atom stereocenters. The average Bonchev–Trinajstić information content (AvgIpc) is 3.05. The summed E-state index contributed by atoms with van der Waals surface area (Å²) in [4.78, 5) is 16.6. The van der Waals surface area contributed by atoms with Gasteiger partial charge in [0.1, 0.15) is 11.6 Å². The van der Waals surface area contributed by atoms with Crippen LogP contribution in [0.2, 0.25) is 0 Å². The van der Waals surface area contributed by atoms with Crippen molar-refractivity contribution in [3.05, 3.63) is 29.4 Å². The van der Waals surface area contributed by atoms with Gasteiger partial charge in [-0.2, -0.15) is 0 Å². The van der Waals surface area contributed by atoms with Crippen molar-refractivity contribution in [3.63, 3.8) is 0 Å². The second kappa shape index (κ2) is 5.99. The predicted molar refractivity (Wildman–Crippen MR) is 85.4 cm³/mol. The molecule has 1 atom stereocenters. The summed E-state index contributed by atoms with van der Waals surface area (Å²) in [6.45, 7) is 7.35. The molecule has 0 aliphatic carbocycles. The van der Waals surface area contributed by atoms with Gasteiger partial charge in [0.25, 0.3) is 0 Å². The van der Waals surface area contributed by atoms with E-state index in [1.54, 1.807) is 19.9 Å². The van der Waals surface area contributed by atoms with E-state index in [0.717, 1.165) is 17.2 Å². The highest BCUT2D eigenvalue weighted by molar-refractivity contribution is 8.00. The standard InChI is InChI=1S/C14H16N6O2S/c1-7-5-12-17-18-14(20(12)10(4)15-7)23-9(3)13(21)16-11-6-8(2)22-19-11/h5-6,9H,1-4H3,(H,16,19,21). The lowest BCUT2D eigenvalue weighted by Gasteiger charge is -2.09. The number of carbonyl (C=O) groups is 1. The van der Waals surface area contributed by atoms with Gasteiger partial charge in [-0.1, -0.05) is 16.9 Å². The lowest BCUT2D eigenvalue weighted by Crippen LogP contribution is -2.23. The van der Waals surface area contributed by atoms with Crippen LogP contribution in [0.1, 0.15) is 24.2 Å². The zero-order valence-electron chi connectivity index (χ0n) is 13.2. The number of hydrogen-bond acceptors (Lipinski definition) is 7. The highest BCUT2D eigenvalue weighted by Gasteiger charge is 2.20. The van der Waals surface area contributed by atoms with Crippen molar-refractivity contribution < 1.29 is 9.32 Å². The molecule has 8 nitrogen and oxygen atoms in total. The molecule has 0 fully saturated rings. The Labute approximate surface area is 136 Å². The van der Waals surface area contributed by atoms with E-state index >= 15 is 0 Å². The summed E-state index contributed by atoms with van der Waals surface area (Å²) in [6, 6.07) is 3.52. The first-order chi connectivity index (χ1) is 10.9. The van der Waals surface area contributed by atoms with E-state index in [0.29, 0.717) is 16.7 Å². The highest BCUT2D eigenvalue weighted by Crippen LogP contribution is 2.24. The van der Waals surface area contributed by atoms with Gasteiger partial charge in [-0.25, -0.2) is 4.98 Å². The molecule has 3 aromatic heterocycles. The fourth-order valence-corrected chi connectivity index (χ4v) is 3.05. The van der Waals surface area contributed by atoms with Crippen molar-refractivity contribution in [2.45, 2.75) is 38.1 Å². The summed E-state index contributed by atoms with van der Waals surface area (Å²) < 4.78 is 6.76. The zero-order valence-corrected chi connectivity index (χ0v) is 14.0. The van der Waals surface area contributed by atoms with E-state index in [1.165, 1.54) is 11.8 Å². The first-order valence-corrected chi connectivity index (χ1v) is 7.92. The molecule has 0 spiro atoms. The Morgan fingerprint density at radius 2 is 2.09 bits per heavy atom. The Hall–Kier alpha value is -2.42. The number of fused-ring (bicyclic) bond motifs is 1. The van der Waals surface area contributed by atoms with Crippen LogP contribution in [-0.2, 0) is 4.79 Å². The molecule has 1 N–H and O–H groups in total. The molecule has 0 bridgehead atoms. The Balaban J connectivity index is 1.77. The number of amides is 1. The van der Waals surface area contributed by atoms with Crippen molar-refractivity contribution >= 4 is 29.1 Å². The van der Waals surface area contributed by atoms with Crippen molar-refractivity contribution in [3.8, 4) is 0 Å². The summed E-state index contributed by atoms with van der Waals surface area (Å²) in [5.74, 6) is 1.64. The van der Waals surface area contributed by atoms with Crippen LogP contribution in [0.25, 0.3) is 5.65 Å². The van der Waals surface area contributed by atoms with Crippen LogP contribution in [0.4, 0.5) is 5.82 Å². The van der Waals surface area contributed by atoms with E-state index < -0.39 is 0 Å². The zero-order chi connectivity index (χ0) is 16.6. The normalized spacial score (nSPS) is 12.5. The van der Waals surface area contributed by atoms with Gasteiger partial charge in [-0.3, -0.25) is 9.20 Å². The third-order valence-corrected chi connectivity index (χ3v) is 4.23. The lowest BCUT2D eigenvalue weighted by molar-refractivity contribution is -0.115. The van der Waals surface area contributed by atoms with E-state index in [4.69, 9.17) is 4.52 Å². The van der Waals surface area contributed by atoms with Crippen LogP contribution in [0.5, 0.6) is 0 Å². The largest absolute Gasteiger partial charge is 0.360 e. The molecule has 23 heavy (non-hydrogen) atoms. The Bertz CT molecular complexity index is 871. The van der Waals surface area contributed by atoms with Crippen LogP contribution in [-0.4, -0.2) is 35.9 Å². The van der Waals surface area contributed by atoms with Crippen LogP contribution >= 0.6 is 11.8 Å². The summed E-state index contributed by atoms with van der Waals surface area (Å²) in [5.41, 5.74) is 1.60. The first kappa shape index (κ1) is 15.5. The first-order valence-electron chi connectivity index (χ1n) is 7.04. The second-order valence-electron chi connectivity index (χ2n) is 5.19. The van der Waals surface area contributed by atoms with E-state index in [-0.39, 0.29) is 11.2 Å². The number of thioether (sulfide) groups is 1. The van der Waals surface area contributed by atoms with Gasteiger partial charge in [0, 0.05) is 17.8 Å². The molecule has 3 aromatic rings. The smallest absolute Gasteiger partial charge is 0.238 e. The van der Waals surface area contributed by atoms with Gasteiger partial charge in [-0.05, 0) is 27.7 Å². The SMILES string of the molecule is Cc1cc2nnc(SC(C)C(=O)Nc3cc(C)on3)n2c(C)n1. The average molecular weight is 332 g/mol. The van der Waals surface area contributed by atoms with Gasteiger partial charge in [0.2, 0.25) is 5.91 Å². The quantitative estimate of drug-likeness (QED) is 0.731. The highest BCUT2D eigenvalue weighted by atomic mass is 32.2. The number of nitrogens with zero attached hydrogens (tertiary/aromatic N) is 5. The fourth-order valence-electron chi connectivity index (χ4n) is 2.14. The van der Waals surface area contributed by atoms with Crippen molar-refractivity contribution in [1.82, 2.24) is 24.7 Å². The molecule has 0 aliphatic heterocycles. The minimum absolute atomic E-state index is 0.183. The van der Waals surface area contributed by atoms with Crippen molar-refractivity contribution in [2.24, 2.45) is 0 Å². The van der Waals surface area contributed by atoms with E-state index in [9.17, 15) is 4.79 Å². The van der Waals surface area contributed by atoms with Crippen LogP contribution in [0.15, 0.2) is 21.8 Å². The number of aryl methyl sites for hydroxylation is 3. The topological polar surface area (TPSA) is 98.2 Å². The molecule has 3 rings (SSSR count). The maximum atomic E-state index is 12.2. The number of anilines is 1. The van der Waals surface area contributed by atoms with Crippen LogP contribution in [0, 0.1) is 20.8 Å². The Kier molecular flexibility index (Phi) is 4.03. The molecule has 120 valence electrons. The summed E-state index contributed by atoms with van der Waals surface area (Å²) in [6.07, 6.45) is 0. The molecular formula is C14H16N6O2S. The summed E-state index contributed by atoms with van der Waals surface area (Å²) >= 11 is 1.31. The molecule has 0 saturated carbocycles. The molecule has 3 heterocycles. The van der Waals surface area contributed by atoms with Crippen molar-refractivity contribution in [2.75, 3.05) is 5.32 Å². The fraction of sp³-hybridized carbons (Fsp3) is 0.357. The van der Waals surface area contributed by atoms with Gasteiger partial charge in [-0.15, -0.1) is 10.2 Å². The molecule has 0 aromatic carbocycles. The summed E-state index contributed by atoms with van der Waals surface area (Å²) in [7, 11) is 0. The Morgan fingerprint density at radius 3 is 2.78 bits per heavy atom. The maximum absolute atomic E-state index is 12.2. The van der Waals surface area contributed by atoms with E-state index in [1.807, 2.05) is 24.3 Å². The van der Waals surface area contributed by atoms with Crippen LogP contribution < -0.4 is 5.32 Å². The summed E-state index contributed by atoms with van der Waals surface area (Å²) in [5, 5.41) is 15.0. The molecule has 0 saturated heterocycles. The number of aromatic nitrogens is 5. The number of nitrogens with one attached hydrogen (secondary N) is 1. The molecule has 0 radical (unpaired) electrons. The lowest BCUT2D eigenvalue weighted by atomic mass is 10.4. The second-order valence-corrected chi connectivity index (χ2v) is 6.50. The maximum Gasteiger partial charge on any atom is 0.238 e. The monoisotopic (exact) mass is 332 g/mol. The van der Waals surface area contributed by atoms with E-state index in [2.05, 4.69) is 25.7 Å². The molecule has 0 aliphatic rings. The minimum Gasteiger partial charge on any atom is -0.360 e. The van der Waals surface area contributed by atoms with Crippen LogP contribution in [0.3, 0.4) is 0 Å². The van der Waals surface area contributed by atoms with Crippen molar-refractivity contribution in [1.29, 1.82) is 0 Å². The van der Waals surface area contributed by atoms with Gasteiger partial charge >= 0.3 is 0 Å². The molecule has 9 heteroatoms. The number of carbonyl (C=O) groups excluding carboxylic acids is 1. The molecular weight excluding hydrogens is 316 g/mol. The minimum atomic E-state index is -0.375. The van der Waals surface area contributed by atoms with Gasteiger partial charge < -0.3 is 9.84 Å². The van der Waals surface area contributed by atoms with Gasteiger partial charge in [0.15, 0.2) is 16.6 Å².